The Labute approximate surface area is 204 Å². The Morgan fingerprint density at radius 2 is 1.63 bits per heavy atom. The number of anilines is 1. The van der Waals surface area contributed by atoms with Gasteiger partial charge in [0.2, 0.25) is 15.9 Å². The van der Waals surface area contributed by atoms with Crippen LogP contribution in [-0.2, 0) is 21.4 Å². The second kappa shape index (κ2) is 10.4. The number of carbonyl (C=O) groups excluding carboxylic acids is 1. The molecule has 8 nitrogen and oxygen atoms in total. The van der Waals surface area contributed by atoms with Crippen LogP contribution in [0.4, 0.5) is 5.69 Å². The number of hydrogen-bond donors (Lipinski definition) is 1. The first-order chi connectivity index (χ1) is 16.8. The zero-order chi connectivity index (χ0) is 24.8. The van der Waals surface area contributed by atoms with E-state index in [1.807, 2.05) is 72.3 Å². The van der Waals surface area contributed by atoms with E-state index >= 15 is 0 Å². The third kappa shape index (κ3) is 6.27. The highest BCUT2D eigenvalue weighted by molar-refractivity contribution is 7.92. The molecule has 180 valence electrons. The molecule has 0 fully saturated rings. The highest BCUT2D eigenvalue weighted by Gasteiger charge is 2.21. The monoisotopic (exact) mass is 490 g/mol. The highest BCUT2D eigenvalue weighted by Crippen LogP contribution is 2.25. The van der Waals surface area contributed by atoms with E-state index in [1.165, 1.54) is 0 Å². The SMILES string of the molecule is Cc1nccn1-c1ccc(CNC(=O)CN(c2ccc(Oc3ccccc3)cc2)S(C)(=O)=O)cc1. The third-order valence-electron chi connectivity index (χ3n) is 5.32. The topological polar surface area (TPSA) is 93.5 Å². The number of nitrogens with zero attached hydrogens (tertiary/aromatic N) is 3. The van der Waals surface area contributed by atoms with Gasteiger partial charge in [0.1, 0.15) is 23.9 Å². The molecule has 0 spiro atoms. The van der Waals surface area contributed by atoms with E-state index in [2.05, 4.69) is 10.3 Å². The molecule has 1 aromatic heterocycles. The lowest BCUT2D eigenvalue weighted by molar-refractivity contribution is -0.119. The number of sulfonamides is 1. The van der Waals surface area contributed by atoms with Crippen molar-refractivity contribution in [3.8, 4) is 17.2 Å². The van der Waals surface area contributed by atoms with E-state index in [-0.39, 0.29) is 13.1 Å². The summed E-state index contributed by atoms with van der Waals surface area (Å²) in [6, 6.07) is 23.5. The Balaban J connectivity index is 1.38. The first-order valence-corrected chi connectivity index (χ1v) is 12.8. The lowest BCUT2D eigenvalue weighted by Crippen LogP contribution is -2.40. The standard InChI is InChI=1S/C26H26N4O4S/c1-20-27-16-17-29(20)22-10-8-21(9-11-22)18-28-26(31)19-30(35(2,32)33)23-12-14-25(15-13-23)34-24-6-4-3-5-7-24/h3-17H,18-19H2,1-2H3,(H,28,31). The van der Waals surface area contributed by atoms with Gasteiger partial charge < -0.3 is 14.6 Å². The first kappa shape index (κ1) is 24.0. The van der Waals surface area contributed by atoms with Gasteiger partial charge in [0.05, 0.1) is 11.9 Å². The first-order valence-electron chi connectivity index (χ1n) is 11.0. The van der Waals surface area contributed by atoms with Crippen LogP contribution in [0.2, 0.25) is 0 Å². The average Bonchev–Trinajstić information content (AvgIpc) is 3.28. The fourth-order valence-electron chi connectivity index (χ4n) is 3.52. The zero-order valence-corrected chi connectivity index (χ0v) is 20.3. The number of amides is 1. The van der Waals surface area contributed by atoms with Crippen molar-refractivity contribution in [2.24, 2.45) is 0 Å². The van der Waals surface area contributed by atoms with Crippen molar-refractivity contribution < 1.29 is 17.9 Å². The van der Waals surface area contributed by atoms with E-state index < -0.39 is 15.9 Å². The number of ether oxygens (including phenoxy) is 1. The van der Waals surface area contributed by atoms with Gasteiger partial charge in [0, 0.05) is 24.6 Å². The molecule has 1 N–H and O–H groups in total. The predicted molar refractivity (Wildman–Crippen MR) is 135 cm³/mol. The van der Waals surface area contributed by atoms with Crippen LogP contribution >= 0.6 is 0 Å². The summed E-state index contributed by atoms with van der Waals surface area (Å²) in [6.07, 6.45) is 4.69. The number of nitrogens with one attached hydrogen (secondary N) is 1. The molecule has 4 aromatic rings. The van der Waals surface area contributed by atoms with Crippen molar-refractivity contribution in [1.29, 1.82) is 0 Å². The Morgan fingerprint density at radius 3 is 2.23 bits per heavy atom. The van der Waals surface area contributed by atoms with Gasteiger partial charge in [-0.25, -0.2) is 13.4 Å². The van der Waals surface area contributed by atoms with Gasteiger partial charge in [-0.2, -0.15) is 0 Å². The molecule has 1 amide bonds. The van der Waals surface area contributed by atoms with Crippen molar-refractivity contribution in [2.45, 2.75) is 13.5 Å². The molecule has 0 saturated carbocycles. The van der Waals surface area contributed by atoms with Crippen LogP contribution in [0.15, 0.2) is 91.3 Å². The van der Waals surface area contributed by atoms with Gasteiger partial charge in [-0.1, -0.05) is 30.3 Å². The minimum Gasteiger partial charge on any atom is -0.457 e. The number of carbonyl (C=O) groups is 1. The Hall–Kier alpha value is -4.11. The quantitative estimate of drug-likeness (QED) is 0.382. The largest absolute Gasteiger partial charge is 0.457 e. The van der Waals surface area contributed by atoms with Crippen molar-refractivity contribution in [2.75, 3.05) is 17.1 Å². The van der Waals surface area contributed by atoms with Crippen molar-refractivity contribution in [3.05, 3.63) is 103 Å². The van der Waals surface area contributed by atoms with Crippen molar-refractivity contribution in [3.63, 3.8) is 0 Å². The maximum atomic E-state index is 12.6. The summed E-state index contributed by atoms with van der Waals surface area (Å²) in [6.45, 7) is 1.87. The summed E-state index contributed by atoms with van der Waals surface area (Å²) in [7, 11) is -3.68. The van der Waals surface area contributed by atoms with Gasteiger partial charge in [0.25, 0.3) is 0 Å². The van der Waals surface area contributed by atoms with Crippen LogP contribution in [-0.4, -0.2) is 36.7 Å². The second-order valence-corrected chi connectivity index (χ2v) is 9.87. The number of para-hydroxylation sites is 1. The molecule has 4 rings (SSSR count). The number of hydrogen-bond acceptors (Lipinski definition) is 5. The fourth-order valence-corrected chi connectivity index (χ4v) is 4.37. The predicted octanol–water partition coefficient (Wildman–Crippen LogP) is 4.06. The molecule has 1 heterocycles. The molecule has 3 aromatic carbocycles. The Morgan fingerprint density at radius 1 is 0.971 bits per heavy atom. The number of aryl methyl sites for hydroxylation is 1. The van der Waals surface area contributed by atoms with Gasteiger partial charge >= 0.3 is 0 Å². The lowest BCUT2D eigenvalue weighted by atomic mass is 10.2. The molecule has 0 bridgehead atoms. The number of benzene rings is 3. The van der Waals surface area contributed by atoms with Crippen LogP contribution < -0.4 is 14.4 Å². The average molecular weight is 491 g/mol. The van der Waals surface area contributed by atoms with E-state index in [9.17, 15) is 13.2 Å². The van der Waals surface area contributed by atoms with Crippen LogP contribution in [0.1, 0.15) is 11.4 Å². The fraction of sp³-hybridized carbons (Fsp3) is 0.154. The van der Waals surface area contributed by atoms with Gasteiger partial charge in [-0.3, -0.25) is 9.10 Å². The maximum Gasteiger partial charge on any atom is 0.241 e. The van der Waals surface area contributed by atoms with Gasteiger partial charge in [-0.15, -0.1) is 0 Å². The smallest absolute Gasteiger partial charge is 0.241 e. The van der Waals surface area contributed by atoms with E-state index in [0.29, 0.717) is 17.2 Å². The normalized spacial score (nSPS) is 11.1. The molecule has 0 saturated heterocycles. The minimum absolute atomic E-state index is 0.281. The number of rotatable bonds is 9. The summed E-state index contributed by atoms with van der Waals surface area (Å²) in [4.78, 5) is 16.8. The molecule has 0 radical (unpaired) electrons. The van der Waals surface area contributed by atoms with E-state index in [4.69, 9.17) is 4.74 Å². The molecule has 0 aliphatic heterocycles. The lowest BCUT2D eigenvalue weighted by Gasteiger charge is -2.22. The summed E-state index contributed by atoms with van der Waals surface area (Å²) >= 11 is 0. The van der Waals surface area contributed by atoms with Crippen molar-refractivity contribution in [1.82, 2.24) is 14.9 Å². The third-order valence-corrected chi connectivity index (χ3v) is 6.46. The molecule has 0 aliphatic rings. The molecule has 35 heavy (non-hydrogen) atoms. The number of aromatic nitrogens is 2. The summed E-state index contributed by atoms with van der Waals surface area (Å²) < 4.78 is 33.6. The molecular weight excluding hydrogens is 464 g/mol. The Bertz CT molecular complexity index is 1380. The summed E-state index contributed by atoms with van der Waals surface area (Å²) in [5.41, 5.74) is 2.24. The zero-order valence-electron chi connectivity index (χ0n) is 19.5. The van der Waals surface area contributed by atoms with Crippen LogP contribution in [0.25, 0.3) is 5.69 Å². The molecule has 9 heteroatoms. The molecular formula is C26H26N4O4S. The van der Waals surface area contributed by atoms with E-state index in [0.717, 1.165) is 27.6 Å². The van der Waals surface area contributed by atoms with Crippen molar-refractivity contribution >= 4 is 21.6 Å². The van der Waals surface area contributed by atoms with Gasteiger partial charge in [-0.05, 0) is 61.0 Å². The molecule has 0 aliphatic carbocycles. The van der Waals surface area contributed by atoms with Crippen LogP contribution in [0.3, 0.4) is 0 Å². The number of imidazole rings is 1. The molecule has 0 atom stereocenters. The van der Waals surface area contributed by atoms with Crippen LogP contribution in [0.5, 0.6) is 11.5 Å². The molecule has 0 unspecified atom stereocenters. The van der Waals surface area contributed by atoms with Gasteiger partial charge in [0.15, 0.2) is 0 Å². The minimum atomic E-state index is -3.68. The van der Waals surface area contributed by atoms with E-state index in [1.54, 1.807) is 30.5 Å². The van der Waals surface area contributed by atoms with Crippen LogP contribution in [0, 0.1) is 6.92 Å². The summed E-state index contributed by atoms with van der Waals surface area (Å²) in [5, 5.41) is 2.79. The second-order valence-electron chi connectivity index (χ2n) is 7.97. The Kier molecular flexibility index (Phi) is 7.17. The summed E-state index contributed by atoms with van der Waals surface area (Å²) in [5.74, 6) is 1.71. The highest BCUT2D eigenvalue weighted by atomic mass is 32.2. The maximum absolute atomic E-state index is 12.6.